The van der Waals surface area contributed by atoms with Crippen molar-refractivity contribution in [2.24, 2.45) is 0 Å². The molecule has 5 nitrogen and oxygen atoms in total. The quantitative estimate of drug-likeness (QED) is 0.850. The molecule has 1 N–H and O–H groups in total. The van der Waals surface area contributed by atoms with Crippen molar-refractivity contribution in [2.75, 3.05) is 19.3 Å². The minimum atomic E-state index is -3.27. The van der Waals surface area contributed by atoms with Crippen LogP contribution >= 0.6 is 0 Å². The molecule has 1 saturated heterocycles. The first-order valence-corrected chi connectivity index (χ1v) is 8.84. The first-order valence-electron chi connectivity index (χ1n) is 6.95. The first-order chi connectivity index (χ1) is 10.2. The first kappa shape index (κ1) is 16.6. The Hall–Kier alpha value is -1.73. The number of carbonyl (C=O) groups is 1. The number of sulfonamides is 1. The van der Waals surface area contributed by atoms with Crippen molar-refractivity contribution in [3.05, 3.63) is 41.7 Å². The van der Waals surface area contributed by atoms with Gasteiger partial charge in [0.25, 0.3) is 0 Å². The molecule has 120 valence electrons. The Bertz CT molecular complexity index is 700. The number of allylic oxidation sites excluding steroid dienone is 1. The van der Waals surface area contributed by atoms with E-state index in [1.54, 1.807) is 24.0 Å². The highest BCUT2D eigenvalue weighted by Gasteiger charge is 2.27. The molecule has 1 amide bonds. The molecule has 1 aromatic rings. The summed E-state index contributed by atoms with van der Waals surface area (Å²) in [5.41, 5.74) is 1.32. The van der Waals surface area contributed by atoms with Gasteiger partial charge in [0.2, 0.25) is 15.9 Å². The molecule has 0 bridgehead atoms. The maximum Gasteiger partial charge on any atom is 0.246 e. The third-order valence-corrected chi connectivity index (χ3v) is 4.26. The van der Waals surface area contributed by atoms with Gasteiger partial charge in [-0.05, 0) is 36.6 Å². The molecular weight excluding hydrogens is 307 g/mol. The second-order valence-corrected chi connectivity index (χ2v) is 7.28. The standard InChI is InChI=1S/C15H19FN2O3S/c1-11(12-4-3-5-13(16)9-12)8-15(19)18-7-6-14(10-18)17-22(2,20)21/h3-5,8-9,14,17H,6-7,10H2,1-2H3/b11-8-/t14-/m0/s1. The smallest absolute Gasteiger partial charge is 0.246 e. The molecule has 7 heteroatoms. The zero-order valence-electron chi connectivity index (χ0n) is 12.5. The van der Waals surface area contributed by atoms with E-state index < -0.39 is 10.0 Å². The van der Waals surface area contributed by atoms with Gasteiger partial charge >= 0.3 is 0 Å². The zero-order valence-corrected chi connectivity index (χ0v) is 13.4. The van der Waals surface area contributed by atoms with E-state index in [0.717, 1.165) is 6.26 Å². The van der Waals surface area contributed by atoms with Gasteiger partial charge in [0, 0.05) is 25.2 Å². The minimum Gasteiger partial charge on any atom is -0.337 e. The summed E-state index contributed by atoms with van der Waals surface area (Å²) >= 11 is 0. The van der Waals surface area contributed by atoms with E-state index in [9.17, 15) is 17.6 Å². The highest BCUT2D eigenvalue weighted by molar-refractivity contribution is 7.88. The Kier molecular flexibility index (Phi) is 4.97. The molecule has 1 aliphatic heterocycles. The number of amides is 1. The largest absolute Gasteiger partial charge is 0.337 e. The molecule has 22 heavy (non-hydrogen) atoms. The highest BCUT2D eigenvalue weighted by Crippen LogP contribution is 2.17. The van der Waals surface area contributed by atoms with Crippen molar-refractivity contribution in [3.63, 3.8) is 0 Å². The van der Waals surface area contributed by atoms with Gasteiger partial charge in [-0.15, -0.1) is 0 Å². The van der Waals surface area contributed by atoms with Crippen LogP contribution in [0.25, 0.3) is 5.57 Å². The fourth-order valence-electron chi connectivity index (χ4n) is 2.45. The number of rotatable bonds is 4. The molecule has 2 rings (SSSR count). The fraction of sp³-hybridized carbons (Fsp3) is 0.400. The second kappa shape index (κ2) is 6.58. The average molecular weight is 326 g/mol. The Labute approximate surface area is 129 Å². The van der Waals surface area contributed by atoms with Gasteiger partial charge < -0.3 is 4.90 Å². The van der Waals surface area contributed by atoms with E-state index in [1.165, 1.54) is 18.2 Å². The maximum atomic E-state index is 13.2. The number of halogens is 1. The number of hydrogen-bond donors (Lipinski definition) is 1. The third-order valence-electron chi connectivity index (χ3n) is 3.50. The van der Waals surface area contributed by atoms with Crippen LogP contribution in [0, 0.1) is 5.82 Å². The van der Waals surface area contributed by atoms with Crippen LogP contribution in [0.3, 0.4) is 0 Å². The number of carbonyl (C=O) groups excluding carboxylic acids is 1. The lowest BCUT2D eigenvalue weighted by molar-refractivity contribution is -0.125. The molecule has 1 heterocycles. The highest BCUT2D eigenvalue weighted by atomic mass is 32.2. The monoisotopic (exact) mass is 326 g/mol. The Morgan fingerprint density at radius 2 is 2.18 bits per heavy atom. The van der Waals surface area contributed by atoms with Crippen LogP contribution in [0.2, 0.25) is 0 Å². The van der Waals surface area contributed by atoms with Crippen molar-refractivity contribution in [2.45, 2.75) is 19.4 Å². The van der Waals surface area contributed by atoms with Crippen molar-refractivity contribution in [3.8, 4) is 0 Å². The lowest BCUT2D eigenvalue weighted by atomic mass is 10.1. The van der Waals surface area contributed by atoms with E-state index >= 15 is 0 Å². The van der Waals surface area contributed by atoms with Gasteiger partial charge in [-0.3, -0.25) is 4.79 Å². The Balaban J connectivity index is 2.02. The van der Waals surface area contributed by atoms with E-state index in [-0.39, 0.29) is 17.8 Å². The summed E-state index contributed by atoms with van der Waals surface area (Å²) in [6.45, 7) is 2.59. The fourth-order valence-corrected chi connectivity index (χ4v) is 3.25. The van der Waals surface area contributed by atoms with E-state index in [2.05, 4.69) is 4.72 Å². The Morgan fingerprint density at radius 3 is 2.82 bits per heavy atom. The van der Waals surface area contributed by atoms with Crippen LogP contribution in [-0.2, 0) is 14.8 Å². The molecule has 1 aliphatic rings. The van der Waals surface area contributed by atoms with Crippen LogP contribution in [-0.4, -0.2) is 44.6 Å². The molecule has 1 fully saturated rings. The van der Waals surface area contributed by atoms with E-state index in [4.69, 9.17) is 0 Å². The molecule has 0 aliphatic carbocycles. The predicted octanol–water partition coefficient (Wildman–Crippen LogP) is 1.38. The van der Waals surface area contributed by atoms with Crippen LogP contribution in [0.4, 0.5) is 4.39 Å². The predicted molar refractivity (Wildman–Crippen MR) is 83.0 cm³/mol. The van der Waals surface area contributed by atoms with Crippen LogP contribution in [0.15, 0.2) is 30.3 Å². The average Bonchev–Trinajstić information content (AvgIpc) is 2.85. The summed E-state index contributed by atoms with van der Waals surface area (Å²) in [4.78, 5) is 13.8. The number of likely N-dealkylation sites (tertiary alicyclic amines) is 1. The van der Waals surface area contributed by atoms with Gasteiger partial charge in [0.05, 0.1) is 6.26 Å². The van der Waals surface area contributed by atoms with E-state index in [0.29, 0.717) is 30.6 Å². The number of benzene rings is 1. The molecule has 1 aromatic carbocycles. The van der Waals surface area contributed by atoms with Crippen molar-refractivity contribution in [1.82, 2.24) is 9.62 Å². The SMILES string of the molecule is C/C(=C/C(=O)N1CC[C@H](NS(C)(=O)=O)C1)c1cccc(F)c1. The number of nitrogens with zero attached hydrogens (tertiary/aromatic N) is 1. The molecule has 0 unspecified atom stereocenters. The lowest BCUT2D eigenvalue weighted by Crippen LogP contribution is -2.37. The van der Waals surface area contributed by atoms with Gasteiger partial charge in [-0.1, -0.05) is 12.1 Å². The number of hydrogen-bond acceptors (Lipinski definition) is 3. The third kappa shape index (κ3) is 4.64. The van der Waals surface area contributed by atoms with Gasteiger partial charge in [0.1, 0.15) is 5.82 Å². The molecule has 0 radical (unpaired) electrons. The molecule has 1 atom stereocenters. The van der Waals surface area contributed by atoms with Gasteiger partial charge in [0.15, 0.2) is 0 Å². The maximum absolute atomic E-state index is 13.2. The molecular formula is C15H19FN2O3S. The van der Waals surface area contributed by atoms with Crippen LogP contribution in [0.5, 0.6) is 0 Å². The summed E-state index contributed by atoms with van der Waals surface area (Å²) < 4.78 is 38.1. The summed E-state index contributed by atoms with van der Waals surface area (Å²) in [6, 6.07) is 5.80. The summed E-state index contributed by atoms with van der Waals surface area (Å²) in [7, 11) is -3.27. The Morgan fingerprint density at radius 1 is 1.45 bits per heavy atom. The molecule has 0 spiro atoms. The minimum absolute atomic E-state index is 0.195. The number of nitrogens with one attached hydrogen (secondary N) is 1. The summed E-state index contributed by atoms with van der Waals surface area (Å²) in [5.74, 6) is -0.546. The topological polar surface area (TPSA) is 66.5 Å². The summed E-state index contributed by atoms with van der Waals surface area (Å²) in [5, 5.41) is 0. The normalized spacial score (nSPS) is 19.5. The second-order valence-electron chi connectivity index (χ2n) is 5.50. The van der Waals surface area contributed by atoms with Crippen molar-refractivity contribution >= 4 is 21.5 Å². The van der Waals surface area contributed by atoms with Crippen LogP contribution < -0.4 is 4.72 Å². The van der Waals surface area contributed by atoms with Crippen LogP contribution in [0.1, 0.15) is 18.9 Å². The van der Waals surface area contributed by atoms with E-state index in [1.807, 2.05) is 0 Å². The molecule has 0 saturated carbocycles. The van der Waals surface area contributed by atoms with Gasteiger partial charge in [-0.2, -0.15) is 0 Å². The molecule has 0 aromatic heterocycles. The summed E-state index contributed by atoms with van der Waals surface area (Å²) in [6.07, 6.45) is 3.15. The van der Waals surface area contributed by atoms with Gasteiger partial charge in [-0.25, -0.2) is 17.5 Å². The van der Waals surface area contributed by atoms with Crippen molar-refractivity contribution in [1.29, 1.82) is 0 Å². The zero-order chi connectivity index (χ0) is 16.3. The van der Waals surface area contributed by atoms with Crippen molar-refractivity contribution < 1.29 is 17.6 Å². The lowest BCUT2D eigenvalue weighted by Gasteiger charge is -2.15.